The van der Waals surface area contributed by atoms with Crippen LogP contribution in [0.2, 0.25) is 0 Å². The van der Waals surface area contributed by atoms with Gasteiger partial charge in [-0.05, 0) is 11.1 Å². The Kier molecular flexibility index (Phi) is 4.48. The van der Waals surface area contributed by atoms with Crippen LogP contribution < -0.4 is 0 Å². The first kappa shape index (κ1) is 14.4. The SMILES string of the molecule is O=S(O)[C@@H]1CN(Cc2ccccc2)C[C@H]1c1ccccc1. The van der Waals surface area contributed by atoms with Gasteiger partial charge in [0, 0.05) is 25.6 Å². The van der Waals surface area contributed by atoms with Crippen LogP contribution in [0.5, 0.6) is 0 Å². The molecule has 2 aromatic rings. The predicted octanol–water partition coefficient (Wildman–Crippen LogP) is 2.88. The van der Waals surface area contributed by atoms with Crippen molar-refractivity contribution in [3.63, 3.8) is 0 Å². The van der Waals surface area contributed by atoms with E-state index in [0.717, 1.165) is 18.7 Å². The second-order valence-electron chi connectivity index (χ2n) is 5.51. The zero-order chi connectivity index (χ0) is 14.7. The molecule has 0 bridgehead atoms. The molecule has 1 aliphatic rings. The van der Waals surface area contributed by atoms with Gasteiger partial charge in [-0.25, -0.2) is 4.21 Å². The van der Waals surface area contributed by atoms with E-state index in [2.05, 4.69) is 29.2 Å². The Morgan fingerprint density at radius 2 is 1.62 bits per heavy atom. The molecule has 0 saturated carbocycles. The Bertz CT molecular complexity index is 603. The van der Waals surface area contributed by atoms with E-state index in [4.69, 9.17) is 0 Å². The standard InChI is InChI=1S/C17H19NO2S/c19-21(20)17-13-18(11-14-7-3-1-4-8-14)12-16(17)15-9-5-2-6-10-15/h1-10,16-17H,11-13H2,(H,19,20)/t16-,17+/m0/s1. The van der Waals surface area contributed by atoms with Crippen LogP contribution in [-0.2, 0) is 17.6 Å². The Morgan fingerprint density at radius 1 is 1.00 bits per heavy atom. The van der Waals surface area contributed by atoms with Crippen molar-refractivity contribution in [3.8, 4) is 0 Å². The summed E-state index contributed by atoms with van der Waals surface area (Å²) in [7, 11) is 0. The van der Waals surface area contributed by atoms with Gasteiger partial charge in [-0.1, -0.05) is 60.7 Å². The highest BCUT2D eigenvalue weighted by molar-refractivity contribution is 7.80. The summed E-state index contributed by atoms with van der Waals surface area (Å²) in [5, 5.41) is -0.212. The van der Waals surface area contributed by atoms with Gasteiger partial charge in [-0.15, -0.1) is 0 Å². The fourth-order valence-electron chi connectivity index (χ4n) is 3.05. The molecule has 1 N–H and O–H groups in total. The Morgan fingerprint density at radius 3 is 2.24 bits per heavy atom. The first-order valence-corrected chi connectivity index (χ1v) is 8.32. The van der Waals surface area contributed by atoms with Crippen LogP contribution in [-0.4, -0.2) is 32.0 Å². The molecule has 2 aromatic carbocycles. The molecule has 3 nitrogen and oxygen atoms in total. The normalized spacial score (nSPS) is 24.0. The van der Waals surface area contributed by atoms with Gasteiger partial charge < -0.3 is 4.55 Å². The summed E-state index contributed by atoms with van der Waals surface area (Å²) in [6.07, 6.45) is 0. The molecular weight excluding hydrogens is 282 g/mol. The van der Waals surface area contributed by atoms with E-state index >= 15 is 0 Å². The van der Waals surface area contributed by atoms with Crippen LogP contribution in [0.25, 0.3) is 0 Å². The monoisotopic (exact) mass is 301 g/mol. The summed E-state index contributed by atoms with van der Waals surface area (Å²) in [5.41, 5.74) is 2.40. The summed E-state index contributed by atoms with van der Waals surface area (Å²) in [4.78, 5) is 2.27. The summed E-state index contributed by atoms with van der Waals surface area (Å²) in [5.74, 6) is 0.126. The van der Waals surface area contributed by atoms with Crippen LogP contribution in [0.4, 0.5) is 0 Å². The van der Waals surface area contributed by atoms with Crippen molar-refractivity contribution in [2.24, 2.45) is 0 Å². The van der Waals surface area contributed by atoms with Gasteiger partial charge in [-0.2, -0.15) is 0 Å². The lowest BCUT2D eigenvalue weighted by molar-refractivity contribution is 0.326. The first-order chi connectivity index (χ1) is 10.2. The lowest BCUT2D eigenvalue weighted by Crippen LogP contribution is -2.24. The zero-order valence-corrected chi connectivity index (χ0v) is 12.6. The summed E-state index contributed by atoms with van der Waals surface area (Å²) in [6.45, 7) is 2.32. The molecule has 21 heavy (non-hydrogen) atoms. The van der Waals surface area contributed by atoms with Crippen LogP contribution in [0.15, 0.2) is 60.7 Å². The number of hydrogen-bond acceptors (Lipinski definition) is 2. The van der Waals surface area contributed by atoms with Crippen molar-refractivity contribution < 1.29 is 8.76 Å². The van der Waals surface area contributed by atoms with Gasteiger partial charge in [0.1, 0.15) is 0 Å². The second kappa shape index (κ2) is 6.52. The van der Waals surface area contributed by atoms with Crippen molar-refractivity contribution in [2.75, 3.05) is 13.1 Å². The molecule has 110 valence electrons. The highest BCUT2D eigenvalue weighted by atomic mass is 32.2. The van der Waals surface area contributed by atoms with Gasteiger partial charge in [0.2, 0.25) is 0 Å². The van der Waals surface area contributed by atoms with E-state index in [1.165, 1.54) is 5.56 Å². The molecule has 0 radical (unpaired) electrons. The summed E-state index contributed by atoms with van der Waals surface area (Å²) in [6, 6.07) is 20.3. The Labute approximate surface area is 127 Å². The van der Waals surface area contributed by atoms with Gasteiger partial charge in [-0.3, -0.25) is 4.90 Å². The Balaban J connectivity index is 1.77. The first-order valence-electron chi connectivity index (χ1n) is 7.15. The number of benzene rings is 2. The van der Waals surface area contributed by atoms with Crippen LogP contribution in [0.1, 0.15) is 17.0 Å². The maximum Gasteiger partial charge on any atom is 0.157 e. The molecule has 0 amide bonds. The molecule has 1 heterocycles. The Hall–Kier alpha value is -1.49. The maximum absolute atomic E-state index is 11.7. The quantitative estimate of drug-likeness (QED) is 0.883. The predicted molar refractivity (Wildman–Crippen MR) is 85.5 cm³/mol. The molecule has 3 atom stereocenters. The fourth-order valence-corrected chi connectivity index (χ4v) is 3.91. The van der Waals surface area contributed by atoms with Crippen molar-refractivity contribution in [3.05, 3.63) is 71.8 Å². The summed E-state index contributed by atoms with van der Waals surface area (Å²) < 4.78 is 21.3. The van der Waals surface area contributed by atoms with Gasteiger partial charge in [0.25, 0.3) is 0 Å². The molecule has 0 spiro atoms. The molecule has 1 fully saturated rings. The molecular formula is C17H19NO2S. The van der Waals surface area contributed by atoms with E-state index in [1.807, 2.05) is 36.4 Å². The van der Waals surface area contributed by atoms with E-state index in [0.29, 0.717) is 6.54 Å². The van der Waals surface area contributed by atoms with Crippen molar-refractivity contribution in [2.45, 2.75) is 17.7 Å². The van der Waals surface area contributed by atoms with Gasteiger partial charge in [0.05, 0.1) is 5.25 Å². The minimum atomic E-state index is -1.79. The number of hydrogen-bond donors (Lipinski definition) is 1. The van der Waals surface area contributed by atoms with Crippen molar-refractivity contribution >= 4 is 11.1 Å². The molecule has 1 aliphatic heterocycles. The topological polar surface area (TPSA) is 40.5 Å². The third-order valence-electron chi connectivity index (χ3n) is 4.08. The van der Waals surface area contributed by atoms with Crippen LogP contribution in [0.3, 0.4) is 0 Å². The number of likely N-dealkylation sites (tertiary alicyclic amines) is 1. The molecule has 1 unspecified atom stereocenters. The average molecular weight is 301 g/mol. The highest BCUT2D eigenvalue weighted by Gasteiger charge is 2.37. The van der Waals surface area contributed by atoms with Crippen LogP contribution >= 0.6 is 0 Å². The molecule has 3 rings (SSSR count). The smallest absolute Gasteiger partial charge is 0.157 e. The van der Waals surface area contributed by atoms with Crippen molar-refractivity contribution in [1.82, 2.24) is 4.90 Å². The molecule has 0 aromatic heterocycles. The number of nitrogens with zero attached hydrogens (tertiary/aromatic N) is 1. The third kappa shape index (κ3) is 3.40. The van der Waals surface area contributed by atoms with E-state index < -0.39 is 11.1 Å². The van der Waals surface area contributed by atoms with Crippen molar-refractivity contribution in [1.29, 1.82) is 0 Å². The highest BCUT2D eigenvalue weighted by Crippen LogP contribution is 2.31. The lowest BCUT2D eigenvalue weighted by atomic mass is 9.98. The average Bonchev–Trinajstić information content (AvgIpc) is 2.93. The van der Waals surface area contributed by atoms with Gasteiger partial charge in [0.15, 0.2) is 11.1 Å². The molecule has 4 heteroatoms. The molecule has 0 aliphatic carbocycles. The van der Waals surface area contributed by atoms with Crippen LogP contribution in [0, 0.1) is 0 Å². The lowest BCUT2D eigenvalue weighted by Gasteiger charge is -2.16. The second-order valence-corrected chi connectivity index (χ2v) is 6.67. The fraction of sp³-hybridized carbons (Fsp3) is 0.294. The van der Waals surface area contributed by atoms with Gasteiger partial charge >= 0.3 is 0 Å². The van der Waals surface area contributed by atoms with E-state index in [9.17, 15) is 8.76 Å². The zero-order valence-electron chi connectivity index (χ0n) is 11.8. The largest absolute Gasteiger partial charge is 0.306 e. The third-order valence-corrected chi connectivity index (χ3v) is 5.07. The maximum atomic E-state index is 11.7. The van der Waals surface area contributed by atoms with E-state index in [-0.39, 0.29) is 11.2 Å². The number of rotatable bonds is 4. The summed E-state index contributed by atoms with van der Waals surface area (Å²) >= 11 is -1.79. The van der Waals surface area contributed by atoms with E-state index in [1.54, 1.807) is 0 Å². The molecule has 1 saturated heterocycles. The minimum absolute atomic E-state index is 0.126. The minimum Gasteiger partial charge on any atom is -0.306 e.